The third kappa shape index (κ3) is 8.32. The summed E-state index contributed by atoms with van der Waals surface area (Å²) in [6.45, 7) is 2.75. The maximum Gasteiger partial charge on any atom is 0.305 e. The van der Waals surface area contributed by atoms with E-state index in [4.69, 9.17) is 4.74 Å². The molecule has 0 aromatic heterocycles. The van der Waals surface area contributed by atoms with Crippen molar-refractivity contribution in [1.29, 1.82) is 0 Å². The van der Waals surface area contributed by atoms with Gasteiger partial charge < -0.3 is 4.74 Å². The fourth-order valence-corrected chi connectivity index (χ4v) is 2.25. The molecule has 1 rings (SSSR count). The van der Waals surface area contributed by atoms with Crippen molar-refractivity contribution in [2.24, 2.45) is 5.92 Å². The molecule has 0 N–H and O–H groups in total. The zero-order valence-electron chi connectivity index (χ0n) is 11.8. The second kappa shape index (κ2) is 10.2. The predicted molar refractivity (Wildman–Crippen MR) is 75.4 cm³/mol. The molecular weight excluding hydrogens is 224 g/mol. The van der Waals surface area contributed by atoms with Gasteiger partial charge in [-0.2, -0.15) is 0 Å². The second-order valence-electron chi connectivity index (χ2n) is 5.50. The van der Waals surface area contributed by atoms with Gasteiger partial charge in [-0.1, -0.05) is 44.8 Å². The molecule has 0 aromatic carbocycles. The van der Waals surface area contributed by atoms with Crippen molar-refractivity contribution in [3.05, 3.63) is 12.2 Å². The summed E-state index contributed by atoms with van der Waals surface area (Å²) in [6, 6.07) is 0. The van der Waals surface area contributed by atoms with Gasteiger partial charge in [0.2, 0.25) is 0 Å². The van der Waals surface area contributed by atoms with Crippen LogP contribution in [0.1, 0.15) is 71.1 Å². The van der Waals surface area contributed by atoms with Crippen LogP contribution in [0.2, 0.25) is 0 Å². The Morgan fingerprint density at radius 3 is 2.50 bits per heavy atom. The predicted octanol–water partition coefficient (Wildman–Crippen LogP) is 4.64. The van der Waals surface area contributed by atoms with E-state index in [9.17, 15) is 4.79 Å². The van der Waals surface area contributed by atoms with E-state index in [-0.39, 0.29) is 5.97 Å². The third-order valence-corrected chi connectivity index (χ3v) is 3.52. The van der Waals surface area contributed by atoms with Crippen LogP contribution in [0.3, 0.4) is 0 Å². The molecule has 0 aliphatic carbocycles. The summed E-state index contributed by atoms with van der Waals surface area (Å²) in [6.07, 6.45) is 16.0. The molecule has 0 radical (unpaired) electrons. The second-order valence-corrected chi connectivity index (χ2v) is 5.50. The molecule has 1 aliphatic heterocycles. The van der Waals surface area contributed by atoms with Gasteiger partial charge in [0.15, 0.2) is 0 Å². The lowest BCUT2D eigenvalue weighted by molar-refractivity contribution is -0.145. The summed E-state index contributed by atoms with van der Waals surface area (Å²) in [4.78, 5) is 11.5. The highest BCUT2D eigenvalue weighted by atomic mass is 16.5. The Kier molecular flexibility index (Phi) is 8.62. The lowest BCUT2D eigenvalue weighted by atomic mass is 10.0. The summed E-state index contributed by atoms with van der Waals surface area (Å²) >= 11 is 0. The SMILES string of the molecule is CC1CC/C=C\CCCCCCCCC(=O)OC1. The van der Waals surface area contributed by atoms with E-state index in [0.717, 1.165) is 19.3 Å². The normalized spacial score (nSPS) is 27.4. The molecule has 0 spiro atoms. The van der Waals surface area contributed by atoms with Crippen LogP contribution in [-0.4, -0.2) is 12.6 Å². The van der Waals surface area contributed by atoms with Crippen molar-refractivity contribution in [2.75, 3.05) is 6.61 Å². The Morgan fingerprint density at radius 1 is 1.00 bits per heavy atom. The van der Waals surface area contributed by atoms with Crippen molar-refractivity contribution < 1.29 is 9.53 Å². The largest absolute Gasteiger partial charge is 0.465 e. The van der Waals surface area contributed by atoms with Crippen molar-refractivity contribution in [3.63, 3.8) is 0 Å². The summed E-state index contributed by atoms with van der Waals surface area (Å²) in [5, 5.41) is 0. The molecule has 1 heterocycles. The maximum absolute atomic E-state index is 11.5. The number of cyclic esters (lactones) is 1. The Hall–Kier alpha value is -0.790. The smallest absolute Gasteiger partial charge is 0.305 e. The highest BCUT2D eigenvalue weighted by Crippen LogP contribution is 2.12. The Morgan fingerprint density at radius 2 is 1.67 bits per heavy atom. The van der Waals surface area contributed by atoms with E-state index in [1.807, 2.05) is 0 Å². The van der Waals surface area contributed by atoms with E-state index in [1.165, 1.54) is 38.5 Å². The molecule has 0 fully saturated rings. The minimum Gasteiger partial charge on any atom is -0.465 e. The van der Waals surface area contributed by atoms with Crippen molar-refractivity contribution >= 4 is 5.97 Å². The molecule has 0 amide bonds. The van der Waals surface area contributed by atoms with E-state index in [1.54, 1.807) is 0 Å². The van der Waals surface area contributed by atoms with Gasteiger partial charge in [-0.15, -0.1) is 0 Å². The fraction of sp³-hybridized carbons (Fsp3) is 0.812. The lowest BCUT2D eigenvalue weighted by Gasteiger charge is -2.11. The minimum absolute atomic E-state index is 0.00973. The molecule has 1 aliphatic rings. The quantitative estimate of drug-likeness (QED) is 0.464. The minimum atomic E-state index is -0.00973. The first-order valence-corrected chi connectivity index (χ1v) is 7.59. The molecule has 18 heavy (non-hydrogen) atoms. The van der Waals surface area contributed by atoms with Crippen LogP contribution in [-0.2, 0) is 9.53 Å². The van der Waals surface area contributed by atoms with Crippen molar-refractivity contribution in [1.82, 2.24) is 0 Å². The molecular formula is C16H28O2. The van der Waals surface area contributed by atoms with Gasteiger partial charge in [0, 0.05) is 6.42 Å². The van der Waals surface area contributed by atoms with Gasteiger partial charge in [-0.05, 0) is 38.0 Å². The Labute approximate surface area is 112 Å². The molecule has 1 unspecified atom stereocenters. The Balaban J connectivity index is 2.28. The third-order valence-electron chi connectivity index (χ3n) is 3.52. The standard InChI is InChI=1S/C16H28O2/c1-15-12-10-8-6-4-2-3-5-7-9-11-13-16(17)18-14-15/h6,8,15H,2-5,7,9-14H2,1H3/b8-6-. The average Bonchev–Trinajstić information content (AvgIpc) is 2.36. The highest BCUT2D eigenvalue weighted by Gasteiger charge is 2.07. The van der Waals surface area contributed by atoms with E-state index in [2.05, 4.69) is 19.1 Å². The topological polar surface area (TPSA) is 26.3 Å². The summed E-state index contributed by atoms with van der Waals surface area (Å²) < 4.78 is 5.29. The number of rotatable bonds is 0. The fourth-order valence-electron chi connectivity index (χ4n) is 2.25. The van der Waals surface area contributed by atoms with Gasteiger partial charge in [0.25, 0.3) is 0 Å². The Bertz CT molecular complexity index is 245. The number of allylic oxidation sites excluding steroid dienone is 2. The van der Waals surface area contributed by atoms with Gasteiger partial charge in [0.05, 0.1) is 6.61 Å². The number of ether oxygens (including phenoxy) is 1. The molecule has 2 nitrogen and oxygen atoms in total. The number of esters is 1. The van der Waals surface area contributed by atoms with E-state index >= 15 is 0 Å². The van der Waals surface area contributed by atoms with E-state index < -0.39 is 0 Å². The first-order valence-electron chi connectivity index (χ1n) is 7.59. The zero-order valence-corrected chi connectivity index (χ0v) is 11.8. The van der Waals surface area contributed by atoms with E-state index in [0.29, 0.717) is 18.9 Å². The van der Waals surface area contributed by atoms with Crippen LogP contribution in [0.15, 0.2) is 12.2 Å². The van der Waals surface area contributed by atoms with Crippen LogP contribution >= 0.6 is 0 Å². The van der Waals surface area contributed by atoms with Crippen LogP contribution in [0.4, 0.5) is 0 Å². The molecule has 0 saturated heterocycles. The van der Waals surface area contributed by atoms with Crippen molar-refractivity contribution in [2.45, 2.75) is 71.1 Å². The monoisotopic (exact) mass is 252 g/mol. The molecule has 104 valence electrons. The molecule has 0 saturated carbocycles. The molecule has 0 aromatic rings. The number of hydrogen-bond acceptors (Lipinski definition) is 2. The van der Waals surface area contributed by atoms with Crippen molar-refractivity contribution in [3.8, 4) is 0 Å². The van der Waals surface area contributed by atoms with Gasteiger partial charge in [0.1, 0.15) is 0 Å². The van der Waals surface area contributed by atoms with Gasteiger partial charge >= 0.3 is 5.97 Å². The summed E-state index contributed by atoms with van der Waals surface area (Å²) in [5.74, 6) is 0.469. The zero-order chi connectivity index (χ0) is 13.1. The van der Waals surface area contributed by atoms with Crippen LogP contribution in [0.5, 0.6) is 0 Å². The summed E-state index contributed by atoms with van der Waals surface area (Å²) in [5.41, 5.74) is 0. The first kappa shape index (κ1) is 15.3. The molecule has 2 heteroatoms. The van der Waals surface area contributed by atoms with Gasteiger partial charge in [-0.3, -0.25) is 4.79 Å². The average molecular weight is 252 g/mol. The number of carbonyl (C=O) groups excluding carboxylic acids is 1. The number of hydrogen-bond donors (Lipinski definition) is 0. The molecule has 0 bridgehead atoms. The van der Waals surface area contributed by atoms with Crippen LogP contribution in [0, 0.1) is 5.92 Å². The lowest BCUT2D eigenvalue weighted by Crippen LogP contribution is -2.11. The summed E-state index contributed by atoms with van der Waals surface area (Å²) in [7, 11) is 0. The molecule has 1 atom stereocenters. The van der Waals surface area contributed by atoms with Crippen LogP contribution < -0.4 is 0 Å². The van der Waals surface area contributed by atoms with Gasteiger partial charge in [-0.25, -0.2) is 0 Å². The number of carbonyl (C=O) groups is 1. The first-order chi connectivity index (χ1) is 8.79. The maximum atomic E-state index is 11.5. The highest BCUT2D eigenvalue weighted by molar-refractivity contribution is 5.69. The van der Waals surface area contributed by atoms with Crippen LogP contribution in [0.25, 0.3) is 0 Å².